The van der Waals surface area contributed by atoms with Crippen molar-refractivity contribution in [1.82, 2.24) is 24.1 Å². The molecule has 4 heterocycles. The predicted molar refractivity (Wildman–Crippen MR) is 126 cm³/mol. The number of pyridine rings is 1. The summed E-state index contributed by atoms with van der Waals surface area (Å²) in [5.74, 6) is -0.0748. The summed E-state index contributed by atoms with van der Waals surface area (Å²) in [7, 11) is 0. The fourth-order valence-corrected chi connectivity index (χ4v) is 4.74. The molecule has 0 aromatic heterocycles. The van der Waals surface area contributed by atoms with E-state index in [4.69, 9.17) is 4.74 Å². The fourth-order valence-electron chi connectivity index (χ4n) is 4.74. The topological polar surface area (TPSA) is 89.7 Å². The summed E-state index contributed by atoms with van der Waals surface area (Å²) in [4.78, 5) is 42.5. The third-order valence-corrected chi connectivity index (χ3v) is 6.61. The lowest BCUT2D eigenvalue weighted by molar-refractivity contribution is -0.132. The van der Waals surface area contributed by atoms with Gasteiger partial charge in [0.2, 0.25) is 5.91 Å². The Labute approximate surface area is 197 Å². The summed E-state index contributed by atoms with van der Waals surface area (Å²) >= 11 is 0. The van der Waals surface area contributed by atoms with Crippen molar-refractivity contribution in [3.05, 3.63) is 58.6 Å². The van der Waals surface area contributed by atoms with Crippen molar-refractivity contribution in [3.8, 4) is 16.9 Å². The molecule has 0 radical (unpaired) electrons. The van der Waals surface area contributed by atoms with Crippen LogP contribution in [-0.2, 0) is 16.1 Å². The lowest BCUT2D eigenvalue weighted by Crippen LogP contribution is -2.50. The number of carbonyl (C=O) groups is 2. The summed E-state index contributed by atoms with van der Waals surface area (Å²) < 4.78 is 9.03. The average molecular weight is 464 g/mol. The molecule has 9 nitrogen and oxygen atoms in total. The Kier molecular flexibility index (Phi) is 6.19. The van der Waals surface area contributed by atoms with Crippen LogP contribution in [0.2, 0.25) is 0 Å². The van der Waals surface area contributed by atoms with Gasteiger partial charge in [0, 0.05) is 58.1 Å². The van der Waals surface area contributed by atoms with Crippen molar-refractivity contribution in [3.63, 3.8) is 0 Å². The van der Waals surface area contributed by atoms with Crippen LogP contribution in [0.15, 0.2) is 47.5 Å². The molecule has 0 unspecified atom stereocenters. The molecule has 0 saturated carbocycles. The van der Waals surface area contributed by atoms with Crippen molar-refractivity contribution in [1.29, 1.82) is 0 Å². The Bertz CT molecular complexity index is 1200. The zero-order valence-electron chi connectivity index (χ0n) is 19.4. The highest BCUT2D eigenvalue weighted by atomic mass is 16.5. The van der Waals surface area contributed by atoms with Crippen LogP contribution in [0.25, 0.3) is 16.9 Å². The van der Waals surface area contributed by atoms with E-state index in [0.717, 1.165) is 19.4 Å². The Morgan fingerprint density at radius 3 is 2.47 bits per heavy atom. The van der Waals surface area contributed by atoms with Gasteiger partial charge in [0.25, 0.3) is 11.5 Å². The molecule has 1 aromatic rings. The summed E-state index contributed by atoms with van der Waals surface area (Å²) in [5.41, 5.74) is 1.61. The first kappa shape index (κ1) is 22.3. The number of nitrogens with zero attached hydrogens (tertiary/aromatic N) is 5. The molecule has 5 rings (SSSR count). The molecule has 9 heteroatoms. The number of benzene rings is 1. The van der Waals surface area contributed by atoms with E-state index in [1.165, 1.54) is 4.68 Å². The minimum Gasteiger partial charge on any atom is -0.376 e. The highest BCUT2D eigenvalue weighted by Crippen LogP contribution is 2.25. The monoisotopic (exact) mass is 463 g/mol. The molecule has 0 bridgehead atoms. The van der Waals surface area contributed by atoms with E-state index in [9.17, 15) is 14.4 Å². The number of fused-ring (bicyclic) bond motifs is 1. The molecule has 178 valence electrons. The van der Waals surface area contributed by atoms with Gasteiger partial charge in [-0.1, -0.05) is 25.1 Å². The molecule has 0 aliphatic carbocycles. The number of piperazine rings is 1. The van der Waals surface area contributed by atoms with Gasteiger partial charge in [-0.05, 0) is 25.0 Å². The molecule has 0 N–H and O–H groups in total. The van der Waals surface area contributed by atoms with E-state index in [1.807, 2.05) is 41.8 Å². The summed E-state index contributed by atoms with van der Waals surface area (Å²) in [6, 6.07) is 9.21. The number of aromatic nitrogens is 3. The van der Waals surface area contributed by atoms with Crippen LogP contribution in [0.4, 0.5) is 0 Å². The van der Waals surface area contributed by atoms with Crippen molar-refractivity contribution >= 4 is 11.8 Å². The van der Waals surface area contributed by atoms with Crippen LogP contribution in [0, 0.1) is 0 Å². The van der Waals surface area contributed by atoms with E-state index < -0.39 is 0 Å². The molecule has 2 fully saturated rings. The van der Waals surface area contributed by atoms with Gasteiger partial charge in [0.05, 0.1) is 22.9 Å². The van der Waals surface area contributed by atoms with Crippen molar-refractivity contribution in [2.24, 2.45) is 0 Å². The lowest BCUT2D eigenvalue weighted by Gasteiger charge is -2.35. The second-order valence-electron chi connectivity index (χ2n) is 8.85. The predicted octanol–water partition coefficient (Wildman–Crippen LogP) is 2.01. The number of rotatable bonds is 5. The van der Waals surface area contributed by atoms with Gasteiger partial charge < -0.3 is 19.1 Å². The SMILES string of the molecule is CCC(=O)N1CCN(C(=O)c2cn(C[C@@H]3CCCO3)cc3c(=O)n(-c4ccccc4)nc2-3)CC1. The lowest BCUT2D eigenvalue weighted by atomic mass is 10.1. The van der Waals surface area contributed by atoms with E-state index in [0.29, 0.717) is 61.7 Å². The zero-order chi connectivity index (χ0) is 23.7. The number of amides is 2. The molecular weight excluding hydrogens is 434 g/mol. The molecule has 4 aliphatic rings. The van der Waals surface area contributed by atoms with Gasteiger partial charge in [-0.15, -0.1) is 0 Å². The second kappa shape index (κ2) is 9.42. The Hall–Kier alpha value is -3.46. The van der Waals surface area contributed by atoms with Crippen molar-refractivity contribution in [2.75, 3.05) is 32.8 Å². The third-order valence-electron chi connectivity index (χ3n) is 6.61. The molecule has 2 saturated heterocycles. The first-order chi connectivity index (χ1) is 16.5. The maximum absolute atomic E-state index is 13.6. The number of hydrogen-bond acceptors (Lipinski definition) is 5. The molecule has 1 aromatic carbocycles. The minimum atomic E-state index is -0.254. The zero-order valence-corrected chi connectivity index (χ0v) is 19.4. The number of hydrogen-bond donors (Lipinski definition) is 0. The van der Waals surface area contributed by atoms with E-state index >= 15 is 0 Å². The first-order valence-electron chi connectivity index (χ1n) is 11.9. The Morgan fingerprint density at radius 1 is 1.06 bits per heavy atom. The van der Waals surface area contributed by atoms with Crippen LogP contribution in [0.3, 0.4) is 0 Å². The molecule has 2 amide bonds. The van der Waals surface area contributed by atoms with Crippen LogP contribution < -0.4 is 5.56 Å². The average Bonchev–Trinajstić information content (AvgIpc) is 3.51. The molecule has 34 heavy (non-hydrogen) atoms. The van der Waals surface area contributed by atoms with Gasteiger partial charge in [0.1, 0.15) is 5.69 Å². The van der Waals surface area contributed by atoms with Crippen molar-refractivity contribution < 1.29 is 14.3 Å². The number of ether oxygens (including phenoxy) is 1. The Balaban J connectivity index is 1.51. The molecule has 0 spiro atoms. The minimum absolute atomic E-state index is 0.0632. The maximum atomic E-state index is 13.6. The normalized spacial score (nSPS) is 18.6. The van der Waals surface area contributed by atoms with E-state index in [1.54, 1.807) is 22.2 Å². The summed E-state index contributed by atoms with van der Waals surface area (Å²) in [6.07, 6.45) is 6.06. The van der Waals surface area contributed by atoms with Gasteiger partial charge >= 0.3 is 0 Å². The van der Waals surface area contributed by atoms with Gasteiger partial charge in [-0.25, -0.2) is 0 Å². The summed E-state index contributed by atoms with van der Waals surface area (Å²) in [6.45, 7) is 5.08. The quantitative estimate of drug-likeness (QED) is 0.578. The first-order valence-corrected chi connectivity index (χ1v) is 11.9. The fraction of sp³-hybridized carbons (Fsp3) is 0.440. The van der Waals surface area contributed by atoms with Gasteiger partial charge in [0.15, 0.2) is 0 Å². The summed E-state index contributed by atoms with van der Waals surface area (Å²) in [5, 5.41) is 4.58. The van der Waals surface area contributed by atoms with Gasteiger partial charge in [-0.3, -0.25) is 14.4 Å². The smallest absolute Gasteiger partial charge is 0.282 e. The van der Waals surface area contributed by atoms with Crippen LogP contribution >= 0.6 is 0 Å². The van der Waals surface area contributed by atoms with E-state index in [-0.39, 0.29) is 23.5 Å². The van der Waals surface area contributed by atoms with Gasteiger partial charge in [-0.2, -0.15) is 9.78 Å². The largest absolute Gasteiger partial charge is 0.376 e. The van der Waals surface area contributed by atoms with Crippen LogP contribution in [0.1, 0.15) is 36.5 Å². The molecule has 4 aliphatic heterocycles. The third kappa shape index (κ3) is 4.23. The molecule has 1 atom stereocenters. The maximum Gasteiger partial charge on any atom is 0.282 e. The highest BCUT2D eigenvalue weighted by molar-refractivity contribution is 6.00. The Morgan fingerprint density at radius 2 is 1.79 bits per heavy atom. The van der Waals surface area contributed by atoms with E-state index in [2.05, 4.69) is 5.10 Å². The van der Waals surface area contributed by atoms with Crippen LogP contribution in [-0.4, -0.2) is 74.9 Å². The number of para-hydroxylation sites is 1. The molecular formula is C25H29N5O4. The second-order valence-corrected chi connectivity index (χ2v) is 8.85. The van der Waals surface area contributed by atoms with Crippen molar-refractivity contribution in [2.45, 2.75) is 38.8 Å². The number of carbonyl (C=O) groups excluding carboxylic acids is 2. The standard InChI is InChI=1S/C25H29N5O4/c1-2-22(31)28-10-12-29(13-11-28)24(32)20-16-27(15-19-9-6-14-34-19)17-21-23(20)26-30(25(21)33)18-7-4-3-5-8-18/h3-5,7-8,16-17,19H,2,6,9-15H2,1H3/t19-/m0/s1. The van der Waals surface area contributed by atoms with Crippen LogP contribution in [0.5, 0.6) is 0 Å². The highest BCUT2D eigenvalue weighted by Gasteiger charge is 2.30.